The number of nitrogens with zero attached hydrogens (tertiary/aromatic N) is 4. The lowest BCUT2D eigenvalue weighted by Gasteiger charge is -2.36. The molecule has 1 fully saturated rings. The second-order valence-electron chi connectivity index (χ2n) is 8.96. The van der Waals surface area contributed by atoms with Gasteiger partial charge in [0.2, 0.25) is 11.8 Å². The number of carboxylic acid groups (broad SMARTS) is 1. The minimum Gasteiger partial charge on any atom is -0.480 e. The van der Waals surface area contributed by atoms with Gasteiger partial charge < -0.3 is 24.7 Å². The maximum atomic E-state index is 13.7. The Balaban J connectivity index is 1.29. The van der Waals surface area contributed by atoms with Gasteiger partial charge in [0, 0.05) is 11.4 Å². The highest BCUT2D eigenvalue weighted by molar-refractivity contribution is 7.52. The Bertz CT molecular complexity index is 1500. The molecule has 0 aliphatic heterocycles. The molecule has 0 spiro atoms. The molecule has 1 aliphatic rings. The highest BCUT2D eigenvalue weighted by Gasteiger charge is 2.37. The van der Waals surface area contributed by atoms with Crippen LogP contribution in [0.4, 0.5) is 5.95 Å². The highest BCUT2D eigenvalue weighted by atomic mass is 31.2. The normalized spacial score (nSPS) is 19.7. The molecular formula is C24H27N6O6P. The van der Waals surface area contributed by atoms with Crippen molar-refractivity contribution < 1.29 is 28.3 Å². The maximum absolute atomic E-state index is 13.7. The predicted octanol–water partition coefficient (Wildman–Crippen LogP) is 3.79. The number of anilines is 1. The number of hydrogen-bond acceptors (Lipinski definition) is 9. The van der Waals surface area contributed by atoms with Crippen LogP contribution in [0.15, 0.2) is 48.8 Å². The van der Waals surface area contributed by atoms with Gasteiger partial charge in [-0.25, -0.2) is 9.55 Å². The molecule has 2 aromatic heterocycles. The summed E-state index contributed by atoms with van der Waals surface area (Å²) in [5.74, 6) is -0.359. The first-order valence-electron chi connectivity index (χ1n) is 11.7. The molecule has 0 saturated heterocycles. The quantitative estimate of drug-likeness (QED) is 0.258. The van der Waals surface area contributed by atoms with Crippen molar-refractivity contribution in [3.63, 3.8) is 0 Å². The molecule has 2 atom stereocenters. The fraction of sp³-hybridized carbons (Fsp3) is 0.333. The van der Waals surface area contributed by atoms with E-state index < -0.39 is 19.8 Å². The van der Waals surface area contributed by atoms with E-state index in [2.05, 4.69) is 20.0 Å². The van der Waals surface area contributed by atoms with Gasteiger partial charge in [-0.05, 0) is 37.1 Å². The van der Waals surface area contributed by atoms with Gasteiger partial charge in [0.25, 0.3) is 0 Å². The first-order chi connectivity index (χ1) is 17.8. The van der Waals surface area contributed by atoms with E-state index in [1.165, 1.54) is 14.0 Å². The molecule has 37 heavy (non-hydrogen) atoms. The molecule has 1 saturated carbocycles. The van der Waals surface area contributed by atoms with E-state index in [4.69, 9.17) is 19.5 Å². The number of ether oxygens (including phenoxy) is 1. The van der Waals surface area contributed by atoms with Gasteiger partial charge in [-0.15, -0.1) is 0 Å². The number of imidazole rings is 1. The third kappa shape index (κ3) is 5.08. The zero-order valence-corrected chi connectivity index (χ0v) is 21.2. The number of hydrogen-bond donors (Lipinski definition) is 3. The zero-order valence-electron chi connectivity index (χ0n) is 20.3. The van der Waals surface area contributed by atoms with Gasteiger partial charge in [-0.1, -0.05) is 36.4 Å². The lowest BCUT2D eigenvalue weighted by molar-refractivity contribution is -0.138. The van der Waals surface area contributed by atoms with Crippen molar-refractivity contribution in [2.24, 2.45) is 5.92 Å². The minimum absolute atomic E-state index is 0.0647. The molecule has 2 aromatic carbocycles. The second kappa shape index (κ2) is 9.97. The summed E-state index contributed by atoms with van der Waals surface area (Å²) < 4.78 is 32.5. The molecule has 4 N–H and O–H groups in total. The third-order valence-electron chi connectivity index (χ3n) is 6.37. The predicted molar refractivity (Wildman–Crippen MR) is 136 cm³/mol. The monoisotopic (exact) mass is 526 g/mol. The van der Waals surface area contributed by atoms with Crippen molar-refractivity contribution in [3.8, 4) is 11.6 Å². The van der Waals surface area contributed by atoms with E-state index in [1.807, 2.05) is 34.9 Å². The molecule has 12 nitrogen and oxygen atoms in total. The maximum Gasteiger partial charge on any atom is 0.459 e. The van der Waals surface area contributed by atoms with Crippen LogP contribution in [0, 0.1) is 5.92 Å². The Morgan fingerprint density at radius 2 is 2.00 bits per heavy atom. The van der Waals surface area contributed by atoms with Crippen molar-refractivity contribution in [3.05, 3.63) is 48.8 Å². The Labute approximate surface area is 212 Å². The van der Waals surface area contributed by atoms with Crippen molar-refractivity contribution in [1.29, 1.82) is 0 Å². The van der Waals surface area contributed by atoms with Gasteiger partial charge in [0.05, 0.1) is 20.0 Å². The molecular weight excluding hydrogens is 499 g/mol. The zero-order chi connectivity index (χ0) is 26.2. The van der Waals surface area contributed by atoms with E-state index >= 15 is 0 Å². The second-order valence-corrected chi connectivity index (χ2v) is 10.7. The van der Waals surface area contributed by atoms with E-state index in [9.17, 15) is 14.5 Å². The molecule has 1 aliphatic carbocycles. The SMILES string of the molecule is COc1nc(N)nc2c1ncn2C1CC(COP(=O)(N[C@@H](C)C(=O)O)Oc2cccc3ccccc23)C1. The molecule has 0 bridgehead atoms. The fourth-order valence-electron chi connectivity index (χ4n) is 4.37. The first kappa shape index (κ1) is 24.9. The van der Waals surface area contributed by atoms with E-state index in [1.54, 1.807) is 18.5 Å². The first-order valence-corrected chi connectivity index (χ1v) is 13.3. The Morgan fingerprint density at radius 1 is 1.24 bits per heavy atom. The highest BCUT2D eigenvalue weighted by Crippen LogP contribution is 2.49. The van der Waals surface area contributed by atoms with Crippen molar-refractivity contribution >= 4 is 41.6 Å². The molecule has 194 valence electrons. The van der Waals surface area contributed by atoms with Crippen LogP contribution in [0.2, 0.25) is 0 Å². The largest absolute Gasteiger partial charge is 0.480 e. The number of nitrogen functional groups attached to an aromatic ring is 1. The lowest BCUT2D eigenvalue weighted by atomic mass is 9.81. The van der Waals surface area contributed by atoms with Gasteiger partial charge in [-0.2, -0.15) is 15.1 Å². The summed E-state index contributed by atoms with van der Waals surface area (Å²) in [7, 11) is -2.53. The molecule has 5 rings (SSSR count). The summed E-state index contributed by atoms with van der Waals surface area (Å²) in [6.07, 6.45) is 3.09. The average molecular weight is 526 g/mol. The average Bonchev–Trinajstić information content (AvgIpc) is 3.26. The van der Waals surface area contributed by atoms with Gasteiger partial charge in [0.15, 0.2) is 11.2 Å². The summed E-state index contributed by atoms with van der Waals surface area (Å²) in [6.45, 7) is 1.50. The number of benzene rings is 2. The van der Waals surface area contributed by atoms with Crippen LogP contribution >= 0.6 is 7.75 Å². The Kier molecular flexibility index (Phi) is 6.72. The van der Waals surface area contributed by atoms with E-state index in [-0.39, 0.29) is 24.5 Å². The van der Waals surface area contributed by atoms with Crippen LogP contribution < -0.4 is 20.1 Å². The topological polar surface area (TPSA) is 164 Å². The molecule has 0 amide bonds. The number of fused-ring (bicyclic) bond motifs is 2. The van der Waals surface area contributed by atoms with Crippen LogP contribution in [-0.2, 0) is 13.9 Å². The fourth-order valence-corrected chi connectivity index (χ4v) is 5.96. The number of rotatable bonds is 10. The number of carbonyl (C=O) groups is 1. The van der Waals surface area contributed by atoms with Crippen LogP contribution in [0.5, 0.6) is 11.6 Å². The van der Waals surface area contributed by atoms with Gasteiger partial charge in [0.1, 0.15) is 11.8 Å². The number of aliphatic carboxylic acids is 1. The smallest absolute Gasteiger partial charge is 0.459 e. The van der Waals surface area contributed by atoms with Crippen LogP contribution in [0.25, 0.3) is 21.9 Å². The number of aromatic nitrogens is 4. The van der Waals surface area contributed by atoms with Crippen LogP contribution in [-0.4, -0.2) is 50.4 Å². The van der Waals surface area contributed by atoms with Crippen LogP contribution in [0.1, 0.15) is 25.8 Å². The summed E-state index contributed by atoms with van der Waals surface area (Å²) in [4.78, 5) is 24.2. The number of nitrogens with two attached hydrogens (primary N) is 1. The van der Waals surface area contributed by atoms with Gasteiger partial charge in [-0.3, -0.25) is 9.32 Å². The van der Waals surface area contributed by atoms with Crippen molar-refractivity contribution in [1.82, 2.24) is 24.6 Å². The van der Waals surface area contributed by atoms with Crippen molar-refractivity contribution in [2.75, 3.05) is 19.5 Å². The molecule has 0 radical (unpaired) electrons. The minimum atomic E-state index is -4.03. The number of carboxylic acids is 1. The van der Waals surface area contributed by atoms with Crippen LogP contribution in [0.3, 0.4) is 0 Å². The Morgan fingerprint density at radius 3 is 2.76 bits per heavy atom. The summed E-state index contributed by atoms with van der Waals surface area (Å²) in [5.41, 5.74) is 6.92. The summed E-state index contributed by atoms with van der Waals surface area (Å²) >= 11 is 0. The lowest BCUT2D eigenvalue weighted by Crippen LogP contribution is -2.35. The molecule has 4 aromatic rings. The van der Waals surface area contributed by atoms with E-state index in [0.717, 1.165) is 10.8 Å². The summed E-state index contributed by atoms with van der Waals surface area (Å²) in [6, 6.07) is 11.8. The standard InChI is InChI=1S/C24H27N6O6P/c1-14(23(31)32)29-37(33,36-19-9-5-7-16-6-3-4-8-18(16)19)35-12-15-10-17(11-15)30-13-26-20-21(30)27-24(25)28-22(20)34-2/h3-9,13-15,17H,10-12H2,1-2H3,(H,29,33)(H,31,32)(H2,25,27,28)/t14-,15?,17?,37?/m0/s1. The molecule has 1 unspecified atom stereocenters. The summed E-state index contributed by atoms with van der Waals surface area (Å²) in [5, 5.41) is 13.6. The Hall–Kier alpha value is -3.73. The van der Waals surface area contributed by atoms with Gasteiger partial charge >= 0.3 is 13.7 Å². The molecule has 13 heteroatoms. The number of nitrogens with one attached hydrogen (secondary N) is 1. The van der Waals surface area contributed by atoms with E-state index in [0.29, 0.717) is 35.6 Å². The molecule has 2 heterocycles. The third-order valence-corrected chi connectivity index (χ3v) is 8.00. The number of methoxy groups -OCH3 is 1. The van der Waals surface area contributed by atoms with Crippen molar-refractivity contribution in [2.45, 2.75) is 31.8 Å².